The number of fused-ring (bicyclic) bond motifs is 1. The van der Waals surface area contributed by atoms with Gasteiger partial charge in [0.2, 0.25) is 0 Å². The molecule has 0 spiro atoms. The Morgan fingerprint density at radius 1 is 1.08 bits per heavy atom. The van der Waals surface area contributed by atoms with Crippen LogP contribution in [0.5, 0.6) is 5.75 Å². The Labute approximate surface area is 206 Å². The van der Waals surface area contributed by atoms with Crippen molar-refractivity contribution >= 4 is 11.6 Å². The average Bonchev–Trinajstić information content (AvgIpc) is 3.31. The van der Waals surface area contributed by atoms with Crippen molar-refractivity contribution in [2.24, 2.45) is 0 Å². The molecular formula is C26H26F4N4O2. The van der Waals surface area contributed by atoms with Crippen LogP contribution < -0.4 is 9.64 Å². The van der Waals surface area contributed by atoms with Crippen LogP contribution in [0.2, 0.25) is 0 Å². The van der Waals surface area contributed by atoms with Gasteiger partial charge < -0.3 is 19.1 Å². The van der Waals surface area contributed by atoms with Gasteiger partial charge in [-0.3, -0.25) is 4.79 Å². The highest BCUT2D eigenvalue weighted by atomic mass is 19.4. The zero-order valence-corrected chi connectivity index (χ0v) is 19.8. The third kappa shape index (κ3) is 4.76. The maximum Gasteiger partial charge on any atom is 0.416 e. The third-order valence-corrected chi connectivity index (χ3v) is 6.95. The maximum absolute atomic E-state index is 13.9. The van der Waals surface area contributed by atoms with Crippen LogP contribution in [0.4, 0.5) is 23.2 Å². The fourth-order valence-corrected chi connectivity index (χ4v) is 5.03. The second-order valence-corrected chi connectivity index (χ2v) is 9.14. The molecule has 10 heteroatoms. The first-order valence-electron chi connectivity index (χ1n) is 11.8. The number of hydrogen-bond donors (Lipinski definition) is 0. The van der Waals surface area contributed by atoms with Gasteiger partial charge in [0.15, 0.2) is 0 Å². The molecule has 3 aromatic rings. The molecule has 0 aliphatic carbocycles. The zero-order valence-electron chi connectivity index (χ0n) is 19.8. The van der Waals surface area contributed by atoms with Crippen molar-refractivity contribution in [3.63, 3.8) is 0 Å². The molecule has 0 bridgehead atoms. The van der Waals surface area contributed by atoms with Crippen LogP contribution in [0, 0.1) is 5.82 Å². The van der Waals surface area contributed by atoms with Crippen molar-refractivity contribution < 1.29 is 27.1 Å². The number of carbonyl (C=O) groups excluding carboxylic acids is 1. The summed E-state index contributed by atoms with van der Waals surface area (Å²) in [7, 11) is 1.56. The summed E-state index contributed by atoms with van der Waals surface area (Å²) in [6.07, 6.45) is -1.23. The van der Waals surface area contributed by atoms with Crippen molar-refractivity contribution in [1.29, 1.82) is 0 Å². The largest absolute Gasteiger partial charge is 0.496 e. The molecular weight excluding hydrogens is 476 g/mol. The topological polar surface area (TPSA) is 50.6 Å². The minimum Gasteiger partial charge on any atom is -0.496 e. The lowest BCUT2D eigenvalue weighted by Crippen LogP contribution is -2.49. The van der Waals surface area contributed by atoms with Gasteiger partial charge >= 0.3 is 6.18 Å². The molecule has 0 N–H and O–H groups in total. The van der Waals surface area contributed by atoms with Crippen LogP contribution in [-0.4, -0.2) is 53.6 Å². The van der Waals surface area contributed by atoms with Gasteiger partial charge in [-0.25, -0.2) is 9.37 Å². The number of anilines is 1. The number of alkyl halides is 3. The van der Waals surface area contributed by atoms with E-state index in [9.17, 15) is 22.4 Å². The van der Waals surface area contributed by atoms with Crippen molar-refractivity contribution in [2.45, 2.75) is 31.5 Å². The van der Waals surface area contributed by atoms with Gasteiger partial charge in [0.05, 0.1) is 12.7 Å². The molecule has 190 valence electrons. The highest BCUT2D eigenvalue weighted by molar-refractivity contribution is 5.92. The monoisotopic (exact) mass is 502 g/mol. The van der Waals surface area contributed by atoms with E-state index < -0.39 is 11.7 Å². The number of aromatic nitrogens is 2. The first-order chi connectivity index (χ1) is 17.2. The lowest BCUT2D eigenvalue weighted by atomic mass is 9.91. The fourth-order valence-electron chi connectivity index (χ4n) is 5.03. The molecule has 3 heterocycles. The van der Waals surface area contributed by atoms with Gasteiger partial charge in [0.1, 0.15) is 23.1 Å². The summed E-state index contributed by atoms with van der Waals surface area (Å²) >= 11 is 0. The van der Waals surface area contributed by atoms with E-state index in [1.165, 1.54) is 18.2 Å². The molecule has 1 saturated heterocycles. The van der Waals surface area contributed by atoms with E-state index in [1.54, 1.807) is 30.3 Å². The number of nitrogens with zero attached hydrogens (tertiary/aromatic N) is 4. The molecule has 5 rings (SSSR count). The van der Waals surface area contributed by atoms with E-state index in [0.29, 0.717) is 56.3 Å². The Morgan fingerprint density at radius 3 is 2.58 bits per heavy atom. The summed E-state index contributed by atoms with van der Waals surface area (Å²) in [6, 6.07) is 9.75. The van der Waals surface area contributed by atoms with Crippen LogP contribution in [-0.2, 0) is 19.1 Å². The second kappa shape index (κ2) is 9.48. The minimum atomic E-state index is -4.40. The van der Waals surface area contributed by atoms with E-state index in [0.717, 1.165) is 29.9 Å². The highest BCUT2D eigenvalue weighted by Gasteiger charge is 2.32. The van der Waals surface area contributed by atoms with E-state index in [2.05, 4.69) is 4.98 Å². The normalized spacial score (nSPS) is 18.2. The van der Waals surface area contributed by atoms with Gasteiger partial charge in [0.25, 0.3) is 5.91 Å². The van der Waals surface area contributed by atoms with Gasteiger partial charge in [-0.1, -0.05) is 6.07 Å². The van der Waals surface area contributed by atoms with Crippen molar-refractivity contribution in [1.82, 2.24) is 14.5 Å². The summed E-state index contributed by atoms with van der Waals surface area (Å²) in [4.78, 5) is 21.3. The van der Waals surface area contributed by atoms with E-state index in [-0.39, 0.29) is 17.6 Å². The molecule has 1 fully saturated rings. The molecule has 0 radical (unpaired) electrons. The van der Waals surface area contributed by atoms with Crippen LogP contribution >= 0.6 is 0 Å². The summed E-state index contributed by atoms with van der Waals surface area (Å²) in [5, 5.41) is 0. The number of hydrogen-bond acceptors (Lipinski definition) is 4. The third-order valence-electron chi connectivity index (χ3n) is 6.95. The Balaban J connectivity index is 1.25. The van der Waals surface area contributed by atoms with Gasteiger partial charge in [-0.15, -0.1) is 0 Å². The SMILES string of the molecule is COc1ccc(F)cc1[C@H]1CCc2nc(C(=O)N3CCN(c4cccc(C(F)(F)F)c4)CC3)cn2C1. The van der Waals surface area contributed by atoms with E-state index >= 15 is 0 Å². The van der Waals surface area contributed by atoms with E-state index in [1.807, 2.05) is 9.47 Å². The molecule has 2 aliphatic rings. The van der Waals surface area contributed by atoms with Crippen molar-refractivity contribution in [3.05, 3.63) is 77.1 Å². The van der Waals surface area contributed by atoms with Gasteiger partial charge in [-0.05, 0) is 42.8 Å². The summed E-state index contributed by atoms with van der Waals surface area (Å²) < 4.78 is 60.4. The fraction of sp³-hybridized carbons (Fsp3) is 0.385. The van der Waals surface area contributed by atoms with Crippen LogP contribution in [0.1, 0.15) is 39.8 Å². The Morgan fingerprint density at radius 2 is 1.86 bits per heavy atom. The second-order valence-electron chi connectivity index (χ2n) is 9.14. The number of rotatable bonds is 4. The Bertz CT molecular complexity index is 1270. The van der Waals surface area contributed by atoms with Crippen molar-refractivity contribution in [2.75, 3.05) is 38.2 Å². The Hall–Kier alpha value is -3.56. The molecule has 2 aliphatic heterocycles. The number of methoxy groups -OCH3 is 1. The van der Waals surface area contributed by atoms with Gasteiger partial charge in [-0.2, -0.15) is 13.2 Å². The maximum atomic E-state index is 13.9. The number of halogens is 4. The molecule has 6 nitrogen and oxygen atoms in total. The number of ether oxygens (including phenoxy) is 1. The number of amides is 1. The summed E-state index contributed by atoms with van der Waals surface area (Å²) in [6.45, 7) is 2.21. The molecule has 2 aromatic carbocycles. The highest BCUT2D eigenvalue weighted by Crippen LogP contribution is 2.35. The summed E-state index contributed by atoms with van der Waals surface area (Å²) in [5.74, 6) is 0.978. The Kier molecular flexibility index (Phi) is 6.36. The predicted molar refractivity (Wildman–Crippen MR) is 126 cm³/mol. The lowest BCUT2D eigenvalue weighted by molar-refractivity contribution is -0.137. The van der Waals surface area contributed by atoms with Crippen molar-refractivity contribution in [3.8, 4) is 5.75 Å². The standard InChI is InChI=1S/C26H26F4N4O2/c1-36-23-7-6-19(27)14-21(23)17-5-8-24-31-22(16-34(24)15-17)25(35)33-11-9-32(10-12-33)20-4-2-3-18(13-20)26(28,29)30/h2-4,6-7,13-14,16-17H,5,8-12,15H2,1H3/t17-/m0/s1. The van der Waals surface area contributed by atoms with Gasteiger partial charge in [0, 0.05) is 62.5 Å². The molecule has 1 atom stereocenters. The number of imidazole rings is 1. The molecule has 0 saturated carbocycles. The molecule has 1 aromatic heterocycles. The van der Waals surface area contributed by atoms with E-state index in [4.69, 9.17) is 4.74 Å². The molecule has 0 unspecified atom stereocenters. The first kappa shape index (κ1) is 24.1. The minimum absolute atomic E-state index is 0.0382. The number of aryl methyl sites for hydroxylation is 1. The predicted octanol–water partition coefficient (Wildman–Crippen LogP) is 4.74. The molecule has 1 amide bonds. The van der Waals surface area contributed by atoms with Crippen LogP contribution in [0.15, 0.2) is 48.7 Å². The zero-order chi connectivity index (χ0) is 25.4. The number of piperazine rings is 1. The van der Waals surface area contributed by atoms with Crippen LogP contribution in [0.3, 0.4) is 0 Å². The quantitative estimate of drug-likeness (QED) is 0.484. The molecule has 36 heavy (non-hydrogen) atoms. The average molecular weight is 503 g/mol. The lowest BCUT2D eigenvalue weighted by Gasteiger charge is -2.36. The smallest absolute Gasteiger partial charge is 0.416 e. The number of benzene rings is 2. The summed E-state index contributed by atoms with van der Waals surface area (Å²) in [5.41, 5.74) is 0.962. The van der Waals surface area contributed by atoms with Crippen LogP contribution in [0.25, 0.3) is 0 Å². The first-order valence-corrected chi connectivity index (χ1v) is 11.8. The number of carbonyl (C=O) groups is 1.